The van der Waals surface area contributed by atoms with Crippen LogP contribution in [0.1, 0.15) is 63.4 Å². The predicted molar refractivity (Wildman–Crippen MR) is 141 cm³/mol. The highest BCUT2D eigenvalue weighted by Crippen LogP contribution is 2.37. The zero-order valence-corrected chi connectivity index (χ0v) is 22.6. The number of carbonyl (C=O) groups excluding carboxylic acids is 1. The van der Waals surface area contributed by atoms with Gasteiger partial charge in [-0.15, -0.1) is 0 Å². The fraction of sp³-hybridized carbons (Fsp3) is 0.741. The molecule has 1 unspecified atom stereocenters. The van der Waals surface area contributed by atoms with Crippen LogP contribution >= 0.6 is 11.6 Å². The minimum atomic E-state index is -1.69. The average molecular weight is 544 g/mol. The van der Waals surface area contributed by atoms with Crippen molar-refractivity contribution < 1.29 is 28.9 Å². The highest BCUT2D eigenvalue weighted by Gasteiger charge is 2.44. The molecule has 1 aliphatic carbocycles. The van der Waals surface area contributed by atoms with Gasteiger partial charge >= 0.3 is 6.03 Å². The Balaban J connectivity index is 1.74. The summed E-state index contributed by atoms with van der Waals surface area (Å²) in [6.45, 7) is 1.13. The van der Waals surface area contributed by atoms with Crippen LogP contribution in [0, 0.1) is 11.7 Å². The third-order valence-corrected chi connectivity index (χ3v) is 8.08. The summed E-state index contributed by atoms with van der Waals surface area (Å²) in [6, 6.07) is 3.73. The molecule has 37 heavy (non-hydrogen) atoms. The van der Waals surface area contributed by atoms with Gasteiger partial charge in [0.2, 0.25) is 0 Å². The smallest absolute Gasteiger partial charge is 0.317 e. The largest absolute Gasteiger partial charge is 0.390 e. The van der Waals surface area contributed by atoms with Crippen molar-refractivity contribution in [3.63, 3.8) is 0 Å². The molecule has 1 aromatic rings. The minimum absolute atomic E-state index is 0.0541. The summed E-state index contributed by atoms with van der Waals surface area (Å²) in [6.07, 6.45) is 6.15. The molecular formula is C27H43ClFN3O5. The van der Waals surface area contributed by atoms with Crippen molar-refractivity contribution >= 4 is 17.6 Å². The van der Waals surface area contributed by atoms with Crippen LogP contribution in [0.5, 0.6) is 0 Å². The topological polar surface area (TPSA) is 117 Å². The highest BCUT2D eigenvalue weighted by atomic mass is 35.5. The van der Waals surface area contributed by atoms with Crippen LogP contribution in [0.15, 0.2) is 18.2 Å². The van der Waals surface area contributed by atoms with E-state index in [0.29, 0.717) is 38.3 Å². The first kappa shape index (κ1) is 30.1. The molecule has 2 amide bonds. The monoisotopic (exact) mass is 543 g/mol. The lowest BCUT2D eigenvalue weighted by Gasteiger charge is -2.43. The predicted octanol–water partition coefficient (Wildman–Crippen LogP) is 3.55. The van der Waals surface area contributed by atoms with Gasteiger partial charge in [0.1, 0.15) is 17.5 Å². The molecule has 0 aromatic heterocycles. The summed E-state index contributed by atoms with van der Waals surface area (Å²) < 4.78 is 26.2. The SMILES string of the molecule is COCCCC[C@@](O)(c1cccc(Cl)c1F)C1CN(C(=O)N[C@@H](CC2CCCCC2)[C@@H](O)CN)CCO1. The number of nitrogens with two attached hydrogens (primary N) is 1. The van der Waals surface area contributed by atoms with E-state index in [1.54, 1.807) is 18.1 Å². The van der Waals surface area contributed by atoms with E-state index < -0.39 is 29.7 Å². The van der Waals surface area contributed by atoms with Crippen LogP contribution in [-0.4, -0.2) is 79.4 Å². The Hall–Kier alpha value is -1.49. The molecule has 4 atom stereocenters. The van der Waals surface area contributed by atoms with Crippen molar-refractivity contribution in [2.75, 3.05) is 40.0 Å². The van der Waals surface area contributed by atoms with Crippen molar-refractivity contribution in [2.45, 2.75) is 81.6 Å². The number of halogens is 2. The highest BCUT2D eigenvalue weighted by molar-refractivity contribution is 6.30. The van der Waals surface area contributed by atoms with Crippen molar-refractivity contribution in [2.24, 2.45) is 11.7 Å². The van der Waals surface area contributed by atoms with Crippen LogP contribution in [0.2, 0.25) is 5.02 Å². The van der Waals surface area contributed by atoms with Gasteiger partial charge < -0.3 is 35.6 Å². The Morgan fingerprint density at radius 2 is 2.11 bits per heavy atom. The molecular weight excluding hydrogens is 501 g/mol. The summed E-state index contributed by atoms with van der Waals surface area (Å²) in [5, 5.41) is 25.3. The van der Waals surface area contributed by atoms with Crippen LogP contribution in [-0.2, 0) is 15.1 Å². The molecule has 0 bridgehead atoms. The molecule has 1 aromatic carbocycles. The number of morpholine rings is 1. The number of methoxy groups -OCH3 is 1. The van der Waals surface area contributed by atoms with Gasteiger partial charge in [-0.1, -0.05) is 55.8 Å². The lowest BCUT2D eigenvalue weighted by molar-refractivity contribution is -0.147. The molecule has 210 valence electrons. The number of aliphatic hydroxyl groups excluding tert-OH is 1. The van der Waals surface area contributed by atoms with Gasteiger partial charge in [0.15, 0.2) is 0 Å². The molecule has 1 saturated carbocycles. The van der Waals surface area contributed by atoms with E-state index in [9.17, 15) is 15.0 Å². The van der Waals surface area contributed by atoms with Gasteiger partial charge in [-0.25, -0.2) is 9.18 Å². The maximum Gasteiger partial charge on any atom is 0.317 e. The van der Waals surface area contributed by atoms with Gasteiger partial charge in [0.25, 0.3) is 0 Å². The first-order valence-corrected chi connectivity index (χ1v) is 13.9. The third-order valence-electron chi connectivity index (χ3n) is 7.79. The number of hydrogen-bond acceptors (Lipinski definition) is 6. The maximum atomic E-state index is 15.1. The van der Waals surface area contributed by atoms with E-state index in [1.807, 2.05) is 0 Å². The number of nitrogens with one attached hydrogen (secondary N) is 1. The number of urea groups is 1. The van der Waals surface area contributed by atoms with Gasteiger partial charge in [-0.3, -0.25) is 0 Å². The zero-order valence-electron chi connectivity index (χ0n) is 21.8. The number of rotatable bonds is 12. The average Bonchev–Trinajstić information content (AvgIpc) is 2.92. The number of unbranched alkanes of at least 4 members (excludes halogenated alkanes) is 1. The Morgan fingerprint density at radius 3 is 2.81 bits per heavy atom. The Morgan fingerprint density at radius 1 is 1.35 bits per heavy atom. The van der Waals surface area contributed by atoms with E-state index in [0.717, 1.165) is 25.7 Å². The van der Waals surface area contributed by atoms with Crippen molar-refractivity contribution in [3.8, 4) is 0 Å². The summed E-state index contributed by atoms with van der Waals surface area (Å²) >= 11 is 6.05. The summed E-state index contributed by atoms with van der Waals surface area (Å²) in [5.41, 5.74) is 4.11. The van der Waals surface area contributed by atoms with Crippen LogP contribution < -0.4 is 11.1 Å². The molecule has 1 aliphatic heterocycles. The van der Waals surface area contributed by atoms with Crippen LogP contribution in [0.25, 0.3) is 0 Å². The molecule has 3 rings (SSSR count). The second kappa shape index (κ2) is 14.6. The summed E-state index contributed by atoms with van der Waals surface area (Å²) in [5.74, 6) is -0.247. The summed E-state index contributed by atoms with van der Waals surface area (Å²) in [4.78, 5) is 14.9. The normalized spacial score (nSPS) is 22.3. The minimum Gasteiger partial charge on any atom is -0.390 e. The molecule has 1 heterocycles. The number of aliphatic hydroxyl groups is 2. The second-order valence-electron chi connectivity index (χ2n) is 10.4. The summed E-state index contributed by atoms with van der Waals surface area (Å²) in [7, 11) is 1.60. The van der Waals surface area contributed by atoms with E-state index in [4.69, 9.17) is 26.8 Å². The number of ether oxygens (including phenoxy) is 2. The van der Waals surface area contributed by atoms with Gasteiger partial charge in [-0.2, -0.15) is 0 Å². The Bertz CT molecular complexity index is 859. The van der Waals surface area contributed by atoms with Gasteiger partial charge in [0, 0.05) is 32.4 Å². The zero-order chi connectivity index (χ0) is 26.8. The fourth-order valence-corrected chi connectivity index (χ4v) is 5.75. The lowest BCUT2D eigenvalue weighted by atomic mass is 9.82. The van der Waals surface area contributed by atoms with Crippen LogP contribution in [0.4, 0.5) is 9.18 Å². The second-order valence-corrected chi connectivity index (χ2v) is 10.8. The molecule has 2 aliphatic rings. The van der Waals surface area contributed by atoms with Crippen molar-refractivity contribution in [1.82, 2.24) is 10.2 Å². The maximum absolute atomic E-state index is 15.1. The number of nitrogens with zero attached hydrogens (tertiary/aromatic N) is 1. The number of amides is 2. The number of benzene rings is 1. The third kappa shape index (κ3) is 8.00. The van der Waals surface area contributed by atoms with Crippen LogP contribution in [0.3, 0.4) is 0 Å². The Kier molecular flexibility index (Phi) is 11.9. The molecule has 10 heteroatoms. The first-order valence-electron chi connectivity index (χ1n) is 13.5. The number of hydrogen-bond donors (Lipinski definition) is 4. The fourth-order valence-electron chi connectivity index (χ4n) is 5.58. The van der Waals surface area contributed by atoms with E-state index in [2.05, 4.69) is 5.32 Å². The van der Waals surface area contributed by atoms with Crippen molar-refractivity contribution in [3.05, 3.63) is 34.6 Å². The van der Waals surface area contributed by atoms with E-state index in [1.165, 1.54) is 18.6 Å². The standard InChI is InChI=1S/C27H43ClFN3O5/c1-36-14-6-5-12-27(35,20-10-7-11-21(28)25(20)29)24-18-32(13-15-37-24)26(34)31-22(23(33)17-30)16-19-8-3-2-4-9-19/h7,10-11,19,22-24,33,35H,2-6,8-9,12-18,30H2,1H3,(H,31,34)/t22-,23-,24?,27+/m0/s1. The molecule has 8 nitrogen and oxygen atoms in total. The van der Waals surface area contributed by atoms with Crippen molar-refractivity contribution in [1.29, 1.82) is 0 Å². The molecule has 2 fully saturated rings. The first-order chi connectivity index (χ1) is 17.8. The Labute approximate surface area is 224 Å². The lowest BCUT2D eigenvalue weighted by Crippen LogP contribution is -2.59. The van der Waals surface area contributed by atoms with Gasteiger partial charge in [0.05, 0.1) is 30.3 Å². The molecule has 1 saturated heterocycles. The molecule has 0 spiro atoms. The molecule has 5 N–H and O–H groups in total. The van der Waals surface area contributed by atoms with Gasteiger partial charge in [-0.05, 0) is 37.7 Å². The number of carbonyl (C=O) groups is 1. The quantitative estimate of drug-likeness (QED) is 0.299. The van der Waals surface area contributed by atoms with E-state index in [-0.39, 0.29) is 42.7 Å². The molecule has 0 radical (unpaired) electrons. The van der Waals surface area contributed by atoms with E-state index >= 15 is 4.39 Å².